The fraction of sp³-hybridized carbons (Fsp3) is 1.00. The van der Waals surface area contributed by atoms with Crippen molar-refractivity contribution in [2.75, 3.05) is 46.8 Å². The van der Waals surface area contributed by atoms with Crippen LogP contribution in [0.4, 0.5) is 0 Å². The third kappa shape index (κ3) is 2.58. The van der Waals surface area contributed by atoms with Gasteiger partial charge in [0.15, 0.2) is 0 Å². The molecule has 0 aliphatic carbocycles. The lowest BCUT2D eigenvalue weighted by atomic mass is 9.98. The predicted molar refractivity (Wildman–Crippen MR) is 68.6 cm³/mol. The summed E-state index contributed by atoms with van der Waals surface area (Å²) in [6.45, 7) is 11.0. The third-order valence-corrected chi connectivity index (χ3v) is 4.48. The smallest absolute Gasteiger partial charge is 0.0254 e. The lowest BCUT2D eigenvalue weighted by molar-refractivity contribution is 0.229. The molecule has 0 aromatic heterocycles. The van der Waals surface area contributed by atoms with Crippen molar-refractivity contribution in [1.29, 1.82) is 0 Å². The van der Waals surface area contributed by atoms with Crippen molar-refractivity contribution in [3.8, 4) is 0 Å². The molecule has 2 unspecified atom stereocenters. The highest BCUT2D eigenvalue weighted by Crippen LogP contribution is 2.24. The van der Waals surface area contributed by atoms with E-state index in [2.05, 4.69) is 43.1 Å². The topological polar surface area (TPSA) is 18.5 Å². The van der Waals surface area contributed by atoms with Crippen molar-refractivity contribution >= 4 is 0 Å². The minimum atomic E-state index is 0.754. The molecule has 0 amide bonds. The lowest BCUT2D eigenvalue weighted by Crippen LogP contribution is -2.36. The standard InChI is InChI=1S/C13H27N3/c1-10-5-14-6-12(10)8-16-7-11(2)13(9-16)15(3)4/h10-14H,5-9H2,1-4H3/t10-,11?,12+,13?/m1/s1. The van der Waals surface area contributed by atoms with E-state index in [0.717, 1.165) is 23.8 Å². The maximum absolute atomic E-state index is 3.50. The molecule has 0 aromatic rings. The largest absolute Gasteiger partial charge is 0.316 e. The lowest BCUT2D eigenvalue weighted by Gasteiger charge is -2.24. The Balaban J connectivity index is 1.84. The van der Waals surface area contributed by atoms with Crippen molar-refractivity contribution in [3.05, 3.63) is 0 Å². The summed E-state index contributed by atoms with van der Waals surface area (Å²) in [7, 11) is 4.43. The Morgan fingerprint density at radius 3 is 2.38 bits per heavy atom. The number of likely N-dealkylation sites (N-methyl/N-ethyl adjacent to an activating group) is 1. The summed E-state index contributed by atoms with van der Waals surface area (Å²) in [6.07, 6.45) is 0. The first-order valence-corrected chi connectivity index (χ1v) is 6.67. The zero-order chi connectivity index (χ0) is 11.7. The molecule has 2 aliphatic heterocycles. The van der Waals surface area contributed by atoms with Crippen LogP contribution in [0.5, 0.6) is 0 Å². The zero-order valence-corrected chi connectivity index (χ0v) is 11.2. The summed E-state index contributed by atoms with van der Waals surface area (Å²) in [4.78, 5) is 5.06. The number of nitrogens with zero attached hydrogens (tertiary/aromatic N) is 2. The Labute approximate surface area is 100 Å². The van der Waals surface area contributed by atoms with Gasteiger partial charge in [-0.2, -0.15) is 0 Å². The molecule has 3 nitrogen and oxygen atoms in total. The van der Waals surface area contributed by atoms with Crippen LogP contribution < -0.4 is 5.32 Å². The molecule has 1 N–H and O–H groups in total. The minimum Gasteiger partial charge on any atom is -0.316 e. The molecule has 2 fully saturated rings. The normalized spacial score (nSPS) is 41.1. The van der Waals surface area contributed by atoms with Gasteiger partial charge in [-0.25, -0.2) is 0 Å². The molecule has 0 spiro atoms. The van der Waals surface area contributed by atoms with Crippen LogP contribution in [0, 0.1) is 17.8 Å². The van der Waals surface area contributed by atoms with Gasteiger partial charge in [0.25, 0.3) is 0 Å². The molecule has 94 valence electrons. The van der Waals surface area contributed by atoms with Gasteiger partial charge in [0.2, 0.25) is 0 Å². The SMILES string of the molecule is CC1CN(C[C@@H]2CNC[C@H]2C)CC1N(C)C. The van der Waals surface area contributed by atoms with E-state index >= 15 is 0 Å². The van der Waals surface area contributed by atoms with Gasteiger partial charge in [-0.15, -0.1) is 0 Å². The maximum Gasteiger partial charge on any atom is 0.0254 e. The molecule has 3 heteroatoms. The van der Waals surface area contributed by atoms with E-state index in [1.54, 1.807) is 0 Å². The molecular formula is C13H27N3. The average Bonchev–Trinajstić information content (AvgIpc) is 2.75. The molecular weight excluding hydrogens is 198 g/mol. The second-order valence-electron chi connectivity index (χ2n) is 6.12. The van der Waals surface area contributed by atoms with Crippen LogP contribution >= 0.6 is 0 Å². The average molecular weight is 225 g/mol. The number of hydrogen-bond donors (Lipinski definition) is 1. The molecule has 0 radical (unpaired) electrons. The number of likely N-dealkylation sites (tertiary alicyclic amines) is 1. The highest BCUT2D eigenvalue weighted by molar-refractivity contribution is 4.89. The van der Waals surface area contributed by atoms with E-state index in [0.29, 0.717) is 0 Å². The Morgan fingerprint density at radius 2 is 1.88 bits per heavy atom. The Bertz CT molecular complexity index is 229. The van der Waals surface area contributed by atoms with E-state index in [9.17, 15) is 0 Å². The van der Waals surface area contributed by atoms with Gasteiger partial charge in [-0.1, -0.05) is 13.8 Å². The van der Waals surface area contributed by atoms with Gasteiger partial charge in [0.05, 0.1) is 0 Å². The van der Waals surface area contributed by atoms with Gasteiger partial charge in [-0.05, 0) is 44.9 Å². The van der Waals surface area contributed by atoms with Crippen LogP contribution in [0.3, 0.4) is 0 Å². The summed E-state index contributed by atoms with van der Waals surface area (Å²) in [5, 5.41) is 3.50. The minimum absolute atomic E-state index is 0.754. The van der Waals surface area contributed by atoms with Gasteiger partial charge < -0.3 is 15.1 Å². The number of hydrogen-bond acceptors (Lipinski definition) is 3. The summed E-state index contributed by atoms with van der Waals surface area (Å²) in [6, 6.07) is 0.754. The second kappa shape index (κ2) is 5.03. The molecule has 2 saturated heterocycles. The van der Waals surface area contributed by atoms with Crippen LogP contribution in [0.1, 0.15) is 13.8 Å². The number of nitrogens with one attached hydrogen (secondary N) is 1. The van der Waals surface area contributed by atoms with Crippen molar-refractivity contribution in [2.24, 2.45) is 17.8 Å². The summed E-state index contributed by atoms with van der Waals surface area (Å²) < 4.78 is 0. The van der Waals surface area contributed by atoms with Crippen molar-refractivity contribution < 1.29 is 0 Å². The van der Waals surface area contributed by atoms with Crippen LogP contribution in [-0.2, 0) is 0 Å². The predicted octanol–water partition coefficient (Wildman–Crippen LogP) is 0.724. The van der Waals surface area contributed by atoms with Crippen LogP contribution in [0.15, 0.2) is 0 Å². The molecule has 2 rings (SSSR count). The molecule has 0 saturated carbocycles. The van der Waals surface area contributed by atoms with Crippen LogP contribution in [-0.4, -0.2) is 62.7 Å². The maximum atomic E-state index is 3.50. The highest BCUT2D eigenvalue weighted by atomic mass is 15.2. The van der Waals surface area contributed by atoms with Crippen molar-refractivity contribution in [3.63, 3.8) is 0 Å². The fourth-order valence-electron chi connectivity index (χ4n) is 3.31. The van der Waals surface area contributed by atoms with Gasteiger partial charge >= 0.3 is 0 Å². The number of rotatable bonds is 3. The molecule has 4 atom stereocenters. The Kier molecular flexibility index (Phi) is 3.88. The first kappa shape index (κ1) is 12.3. The van der Waals surface area contributed by atoms with Gasteiger partial charge in [0, 0.05) is 25.7 Å². The van der Waals surface area contributed by atoms with E-state index in [1.807, 2.05) is 0 Å². The van der Waals surface area contributed by atoms with Crippen LogP contribution in [0.25, 0.3) is 0 Å². The van der Waals surface area contributed by atoms with E-state index in [1.165, 1.54) is 32.7 Å². The third-order valence-electron chi connectivity index (χ3n) is 4.48. The molecule has 0 aromatic carbocycles. The van der Waals surface area contributed by atoms with E-state index in [4.69, 9.17) is 0 Å². The quantitative estimate of drug-likeness (QED) is 0.764. The fourth-order valence-corrected chi connectivity index (χ4v) is 3.31. The highest BCUT2D eigenvalue weighted by Gasteiger charge is 2.33. The first-order valence-electron chi connectivity index (χ1n) is 6.67. The molecule has 2 heterocycles. The Hall–Kier alpha value is -0.120. The van der Waals surface area contributed by atoms with Crippen molar-refractivity contribution in [1.82, 2.24) is 15.1 Å². The summed E-state index contributed by atoms with van der Waals surface area (Å²) in [5.74, 6) is 2.54. The summed E-state index contributed by atoms with van der Waals surface area (Å²) >= 11 is 0. The molecule has 0 bridgehead atoms. The molecule has 16 heavy (non-hydrogen) atoms. The zero-order valence-electron chi connectivity index (χ0n) is 11.2. The van der Waals surface area contributed by atoms with Gasteiger partial charge in [0.1, 0.15) is 0 Å². The van der Waals surface area contributed by atoms with E-state index < -0.39 is 0 Å². The summed E-state index contributed by atoms with van der Waals surface area (Å²) in [5.41, 5.74) is 0. The molecule has 2 aliphatic rings. The first-order chi connectivity index (χ1) is 7.58. The van der Waals surface area contributed by atoms with Gasteiger partial charge in [-0.3, -0.25) is 0 Å². The van der Waals surface area contributed by atoms with Crippen molar-refractivity contribution in [2.45, 2.75) is 19.9 Å². The monoisotopic (exact) mass is 225 g/mol. The second-order valence-corrected chi connectivity index (χ2v) is 6.12. The Morgan fingerprint density at radius 1 is 1.12 bits per heavy atom. The van der Waals surface area contributed by atoms with Crippen LogP contribution in [0.2, 0.25) is 0 Å². The van der Waals surface area contributed by atoms with E-state index in [-0.39, 0.29) is 0 Å².